The van der Waals surface area contributed by atoms with Crippen molar-refractivity contribution in [2.45, 2.75) is 49.8 Å². The highest BCUT2D eigenvalue weighted by molar-refractivity contribution is 7.88. The molecule has 0 aliphatic heterocycles. The van der Waals surface area contributed by atoms with E-state index in [9.17, 15) is 30.4 Å². The molecule has 1 aromatic carbocycles. The van der Waals surface area contributed by atoms with Gasteiger partial charge in [-0.3, -0.25) is 0 Å². The Morgan fingerprint density at radius 3 is 2.20 bits per heavy atom. The van der Waals surface area contributed by atoms with Crippen molar-refractivity contribution in [3.63, 3.8) is 0 Å². The second-order valence-electron chi connectivity index (χ2n) is 7.13. The second kappa shape index (κ2) is 8.84. The van der Waals surface area contributed by atoms with E-state index in [1.165, 1.54) is 0 Å². The number of hydrogen-bond acceptors (Lipinski definition) is 4. The average molecular weight is 450 g/mol. The summed E-state index contributed by atoms with van der Waals surface area (Å²) in [5.41, 5.74) is -0.864. The minimum absolute atomic E-state index is 0.00500. The number of pyridine rings is 1. The SMILES string of the molecule is O=S(=O)(Cc1cc(F)cc(F)c1)NC1CCC(Oc2ccc(C(F)(F)F)cn2)CC1. The molecule has 0 amide bonds. The van der Waals surface area contributed by atoms with Crippen LogP contribution in [0.25, 0.3) is 0 Å². The number of hydrogen-bond donors (Lipinski definition) is 1. The number of aromatic nitrogens is 1. The molecule has 164 valence electrons. The highest BCUT2D eigenvalue weighted by Gasteiger charge is 2.31. The molecule has 0 bridgehead atoms. The first-order valence-corrected chi connectivity index (χ1v) is 10.8. The van der Waals surface area contributed by atoms with Gasteiger partial charge in [-0.15, -0.1) is 0 Å². The van der Waals surface area contributed by atoms with Crippen LogP contribution in [0.2, 0.25) is 0 Å². The lowest BCUT2D eigenvalue weighted by Crippen LogP contribution is -2.40. The van der Waals surface area contributed by atoms with E-state index in [0.29, 0.717) is 37.9 Å². The summed E-state index contributed by atoms with van der Waals surface area (Å²) in [4.78, 5) is 3.66. The standard InChI is InChI=1S/C19H19F5N2O3S/c20-14-7-12(8-15(21)9-14)11-30(27,28)26-16-2-4-17(5-3-16)29-18-6-1-13(10-25-18)19(22,23)24/h1,6-10,16-17,26H,2-5,11H2. The molecule has 0 unspecified atom stereocenters. The molecule has 1 heterocycles. The molecule has 1 fully saturated rings. The van der Waals surface area contributed by atoms with E-state index in [1.807, 2.05) is 0 Å². The lowest BCUT2D eigenvalue weighted by atomic mass is 9.94. The molecule has 30 heavy (non-hydrogen) atoms. The van der Waals surface area contributed by atoms with E-state index < -0.39 is 39.2 Å². The summed E-state index contributed by atoms with van der Waals surface area (Å²) < 4.78 is 96.8. The Morgan fingerprint density at radius 1 is 1.03 bits per heavy atom. The van der Waals surface area contributed by atoms with Crippen molar-refractivity contribution < 1.29 is 35.1 Å². The topological polar surface area (TPSA) is 68.3 Å². The van der Waals surface area contributed by atoms with Gasteiger partial charge in [0.25, 0.3) is 0 Å². The molecule has 2 aromatic rings. The first-order chi connectivity index (χ1) is 14.0. The molecule has 0 saturated heterocycles. The molecule has 1 N–H and O–H groups in total. The summed E-state index contributed by atoms with van der Waals surface area (Å²) in [5.74, 6) is -2.18. The summed E-state index contributed by atoms with van der Waals surface area (Å²) in [6.07, 6.45) is -2.23. The Hall–Kier alpha value is -2.27. The van der Waals surface area contributed by atoms with Gasteiger partial charge in [-0.1, -0.05) is 0 Å². The Morgan fingerprint density at radius 2 is 1.67 bits per heavy atom. The lowest BCUT2D eigenvalue weighted by molar-refractivity contribution is -0.137. The van der Waals surface area contributed by atoms with E-state index in [4.69, 9.17) is 4.74 Å². The molecule has 0 spiro atoms. The van der Waals surface area contributed by atoms with Gasteiger partial charge in [0.1, 0.15) is 17.7 Å². The zero-order valence-corrected chi connectivity index (χ0v) is 16.4. The minimum Gasteiger partial charge on any atom is -0.474 e. The van der Waals surface area contributed by atoms with Gasteiger partial charge in [-0.2, -0.15) is 13.2 Å². The summed E-state index contributed by atoms with van der Waals surface area (Å²) in [7, 11) is -3.81. The molecule has 1 aliphatic rings. The fraction of sp³-hybridized carbons (Fsp3) is 0.421. The van der Waals surface area contributed by atoms with E-state index in [1.54, 1.807) is 0 Å². The van der Waals surface area contributed by atoms with Crippen molar-refractivity contribution >= 4 is 10.0 Å². The first-order valence-electron chi connectivity index (χ1n) is 9.15. The zero-order valence-electron chi connectivity index (χ0n) is 15.6. The van der Waals surface area contributed by atoms with Crippen molar-refractivity contribution in [3.8, 4) is 5.88 Å². The third kappa shape index (κ3) is 6.36. The van der Waals surface area contributed by atoms with Crippen LogP contribution in [0.4, 0.5) is 22.0 Å². The van der Waals surface area contributed by atoms with Gasteiger partial charge < -0.3 is 4.74 Å². The van der Waals surface area contributed by atoms with E-state index >= 15 is 0 Å². The van der Waals surface area contributed by atoms with Gasteiger partial charge in [0.2, 0.25) is 15.9 Å². The molecule has 1 aliphatic carbocycles. The molecule has 5 nitrogen and oxygen atoms in total. The number of benzene rings is 1. The van der Waals surface area contributed by atoms with Crippen molar-refractivity contribution in [3.05, 3.63) is 59.3 Å². The van der Waals surface area contributed by atoms with Crippen molar-refractivity contribution in [2.24, 2.45) is 0 Å². The number of rotatable bonds is 6. The van der Waals surface area contributed by atoms with Gasteiger partial charge in [-0.25, -0.2) is 26.9 Å². The number of halogens is 5. The van der Waals surface area contributed by atoms with Crippen LogP contribution < -0.4 is 9.46 Å². The third-order valence-electron chi connectivity index (χ3n) is 4.65. The monoisotopic (exact) mass is 450 g/mol. The van der Waals surface area contributed by atoms with E-state index in [-0.39, 0.29) is 23.6 Å². The van der Waals surface area contributed by atoms with Gasteiger partial charge in [0.15, 0.2) is 0 Å². The summed E-state index contributed by atoms with van der Waals surface area (Å²) in [6.45, 7) is 0. The Kier molecular flexibility index (Phi) is 6.61. The summed E-state index contributed by atoms with van der Waals surface area (Å²) in [5, 5.41) is 0. The predicted molar refractivity (Wildman–Crippen MR) is 98.0 cm³/mol. The third-order valence-corrected chi connectivity index (χ3v) is 6.06. The van der Waals surface area contributed by atoms with Gasteiger partial charge >= 0.3 is 6.18 Å². The van der Waals surface area contributed by atoms with Gasteiger partial charge in [0, 0.05) is 24.4 Å². The Labute approximate surface area is 170 Å². The zero-order chi connectivity index (χ0) is 21.9. The minimum atomic E-state index is -4.47. The van der Waals surface area contributed by atoms with Crippen LogP contribution in [0.1, 0.15) is 36.8 Å². The van der Waals surface area contributed by atoms with Gasteiger partial charge in [0.05, 0.1) is 11.3 Å². The van der Waals surface area contributed by atoms with Crippen LogP contribution in [0.5, 0.6) is 5.88 Å². The highest BCUT2D eigenvalue weighted by atomic mass is 32.2. The molecule has 1 saturated carbocycles. The van der Waals surface area contributed by atoms with Crippen LogP contribution in [0.15, 0.2) is 36.5 Å². The number of nitrogens with one attached hydrogen (secondary N) is 1. The predicted octanol–water partition coefficient (Wildman–Crippen LogP) is 4.19. The van der Waals surface area contributed by atoms with Crippen LogP contribution in [0, 0.1) is 11.6 Å². The number of alkyl halides is 3. The molecule has 11 heteroatoms. The summed E-state index contributed by atoms with van der Waals surface area (Å²) in [6, 6.07) is 4.26. The fourth-order valence-corrected chi connectivity index (χ4v) is 4.73. The quantitative estimate of drug-likeness (QED) is 0.671. The van der Waals surface area contributed by atoms with Crippen molar-refractivity contribution in [1.82, 2.24) is 9.71 Å². The Balaban J connectivity index is 1.50. The summed E-state index contributed by atoms with van der Waals surface area (Å²) >= 11 is 0. The molecule has 3 rings (SSSR count). The largest absolute Gasteiger partial charge is 0.474 e. The van der Waals surface area contributed by atoms with Crippen molar-refractivity contribution in [2.75, 3.05) is 0 Å². The van der Waals surface area contributed by atoms with Gasteiger partial charge in [-0.05, 0) is 49.4 Å². The maximum absolute atomic E-state index is 13.2. The smallest absolute Gasteiger partial charge is 0.417 e. The molecular weight excluding hydrogens is 431 g/mol. The van der Waals surface area contributed by atoms with Crippen LogP contribution >= 0.6 is 0 Å². The number of sulfonamides is 1. The Bertz CT molecular complexity index is 952. The second-order valence-corrected chi connectivity index (χ2v) is 8.88. The van der Waals surface area contributed by atoms with Crippen molar-refractivity contribution in [1.29, 1.82) is 0 Å². The van der Waals surface area contributed by atoms with E-state index in [0.717, 1.165) is 24.3 Å². The molecule has 0 radical (unpaired) electrons. The molecular formula is C19H19F5N2O3S. The maximum Gasteiger partial charge on any atom is 0.417 e. The van der Waals surface area contributed by atoms with E-state index in [2.05, 4.69) is 9.71 Å². The molecule has 0 atom stereocenters. The normalized spacial score (nSPS) is 20.2. The highest BCUT2D eigenvalue weighted by Crippen LogP contribution is 2.30. The fourth-order valence-electron chi connectivity index (χ4n) is 3.30. The lowest BCUT2D eigenvalue weighted by Gasteiger charge is -2.29. The number of nitrogens with zero attached hydrogens (tertiary/aromatic N) is 1. The maximum atomic E-state index is 13.2. The van der Waals surface area contributed by atoms with Crippen LogP contribution in [-0.4, -0.2) is 25.5 Å². The van der Waals surface area contributed by atoms with Crippen LogP contribution in [-0.2, 0) is 22.0 Å². The number of ether oxygens (including phenoxy) is 1. The van der Waals surface area contributed by atoms with Crippen LogP contribution in [0.3, 0.4) is 0 Å². The molecule has 1 aromatic heterocycles. The first kappa shape index (κ1) is 22.4. The average Bonchev–Trinajstić information content (AvgIpc) is 2.61.